The fourth-order valence-electron chi connectivity index (χ4n) is 2.01. The van der Waals surface area contributed by atoms with Gasteiger partial charge in [0.2, 0.25) is 5.91 Å². The van der Waals surface area contributed by atoms with E-state index in [-0.39, 0.29) is 11.8 Å². The number of nitrogens with two attached hydrogens (primary N) is 1. The number of carbonyl (C=O) groups is 1. The number of thioether (sulfide) groups is 1. The molecule has 0 aromatic heterocycles. The van der Waals surface area contributed by atoms with E-state index in [4.69, 9.17) is 5.73 Å². The van der Waals surface area contributed by atoms with E-state index in [0.717, 1.165) is 13.0 Å². The largest absolute Gasteiger partial charge is 0.356 e. The van der Waals surface area contributed by atoms with E-state index in [1.807, 2.05) is 11.8 Å². The summed E-state index contributed by atoms with van der Waals surface area (Å²) in [7, 11) is 0. The van der Waals surface area contributed by atoms with E-state index in [1.54, 1.807) is 0 Å². The lowest BCUT2D eigenvalue weighted by Gasteiger charge is -2.18. The third kappa shape index (κ3) is 4.74. The maximum Gasteiger partial charge on any atom is 0.224 e. The molecule has 0 aliphatic carbocycles. The van der Waals surface area contributed by atoms with Crippen LogP contribution in [0.2, 0.25) is 0 Å². The van der Waals surface area contributed by atoms with Crippen LogP contribution in [0.4, 0.5) is 0 Å². The lowest BCUT2D eigenvalue weighted by atomic mass is 9.96. The van der Waals surface area contributed by atoms with Gasteiger partial charge in [-0.1, -0.05) is 13.8 Å². The van der Waals surface area contributed by atoms with Crippen molar-refractivity contribution in [2.45, 2.75) is 26.7 Å². The Balaban J connectivity index is 2.25. The zero-order valence-electron chi connectivity index (χ0n) is 10.4. The summed E-state index contributed by atoms with van der Waals surface area (Å²) in [6.45, 7) is 5.55. The van der Waals surface area contributed by atoms with Gasteiger partial charge in [-0.25, -0.2) is 0 Å². The minimum atomic E-state index is -0.00550. The van der Waals surface area contributed by atoms with Crippen molar-refractivity contribution < 1.29 is 4.79 Å². The van der Waals surface area contributed by atoms with Crippen molar-refractivity contribution in [3.8, 4) is 0 Å². The molecule has 2 unspecified atom stereocenters. The van der Waals surface area contributed by atoms with Gasteiger partial charge in [0.15, 0.2) is 0 Å². The zero-order chi connectivity index (χ0) is 12.0. The van der Waals surface area contributed by atoms with Crippen LogP contribution in [0.15, 0.2) is 0 Å². The highest BCUT2D eigenvalue weighted by Gasteiger charge is 2.20. The fraction of sp³-hybridized carbons (Fsp3) is 0.917. The van der Waals surface area contributed by atoms with Crippen LogP contribution in [0, 0.1) is 17.8 Å². The second-order valence-corrected chi connectivity index (χ2v) is 6.19. The normalized spacial score (nSPS) is 22.4. The fourth-order valence-corrected chi connectivity index (χ4v) is 3.30. The molecule has 0 spiro atoms. The molecule has 3 N–H and O–H groups in total. The van der Waals surface area contributed by atoms with Crippen LogP contribution >= 0.6 is 11.8 Å². The summed E-state index contributed by atoms with van der Waals surface area (Å²) in [4.78, 5) is 11.9. The Kier molecular flexibility index (Phi) is 6.21. The zero-order valence-corrected chi connectivity index (χ0v) is 11.2. The average Bonchev–Trinajstić information content (AvgIpc) is 2.75. The quantitative estimate of drug-likeness (QED) is 0.744. The highest BCUT2D eigenvalue weighted by atomic mass is 32.2. The minimum Gasteiger partial charge on any atom is -0.356 e. The van der Waals surface area contributed by atoms with Gasteiger partial charge in [-0.05, 0) is 36.2 Å². The summed E-state index contributed by atoms with van der Waals surface area (Å²) < 4.78 is 0. The monoisotopic (exact) mass is 244 g/mol. The molecule has 3 nitrogen and oxygen atoms in total. The molecule has 4 heteroatoms. The smallest absolute Gasteiger partial charge is 0.224 e. The van der Waals surface area contributed by atoms with Crippen molar-refractivity contribution in [1.29, 1.82) is 0 Å². The number of rotatable bonds is 6. The van der Waals surface area contributed by atoms with Gasteiger partial charge in [-0.3, -0.25) is 4.79 Å². The number of amides is 1. The first-order chi connectivity index (χ1) is 7.63. The maximum atomic E-state index is 11.9. The Bertz CT molecular complexity index is 215. The standard InChI is InChI=1S/C12H24N2OS/c1-9(2)5-11(6-13)12(15)14-7-10-3-4-16-8-10/h9-11H,3-8,13H2,1-2H3,(H,14,15). The van der Waals surface area contributed by atoms with Crippen LogP contribution in [0.3, 0.4) is 0 Å². The topological polar surface area (TPSA) is 55.1 Å². The van der Waals surface area contributed by atoms with Gasteiger partial charge in [0.25, 0.3) is 0 Å². The highest BCUT2D eigenvalue weighted by Crippen LogP contribution is 2.22. The molecular formula is C12H24N2OS. The molecule has 1 rings (SSSR count). The van der Waals surface area contributed by atoms with Crippen LogP contribution in [0.1, 0.15) is 26.7 Å². The van der Waals surface area contributed by atoms with Gasteiger partial charge in [0.1, 0.15) is 0 Å². The maximum absolute atomic E-state index is 11.9. The third-order valence-corrected chi connectivity index (χ3v) is 4.23. The predicted molar refractivity (Wildman–Crippen MR) is 70.4 cm³/mol. The van der Waals surface area contributed by atoms with E-state index in [1.165, 1.54) is 17.9 Å². The first-order valence-electron chi connectivity index (χ1n) is 6.19. The summed E-state index contributed by atoms with van der Waals surface area (Å²) >= 11 is 1.98. The number of nitrogens with one attached hydrogen (secondary N) is 1. The molecule has 0 aromatic carbocycles. The van der Waals surface area contributed by atoms with E-state index in [0.29, 0.717) is 18.4 Å². The summed E-state index contributed by atoms with van der Waals surface area (Å²) in [5, 5.41) is 3.05. The molecule has 16 heavy (non-hydrogen) atoms. The van der Waals surface area contributed by atoms with Gasteiger partial charge in [0, 0.05) is 13.1 Å². The van der Waals surface area contributed by atoms with Crippen LogP contribution < -0.4 is 11.1 Å². The van der Waals surface area contributed by atoms with Crippen LogP contribution in [-0.2, 0) is 4.79 Å². The van der Waals surface area contributed by atoms with Crippen LogP contribution in [-0.4, -0.2) is 30.5 Å². The Morgan fingerprint density at radius 1 is 1.56 bits per heavy atom. The average molecular weight is 244 g/mol. The van der Waals surface area contributed by atoms with E-state index < -0.39 is 0 Å². The summed E-state index contributed by atoms with van der Waals surface area (Å²) in [5.74, 6) is 3.78. The van der Waals surface area contributed by atoms with Gasteiger partial charge in [-0.15, -0.1) is 0 Å². The van der Waals surface area contributed by atoms with Crippen LogP contribution in [0.25, 0.3) is 0 Å². The molecular weight excluding hydrogens is 220 g/mol. The van der Waals surface area contributed by atoms with Crippen LogP contribution in [0.5, 0.6) is 0 Å². The number of carbonyl (C=O) groups excluding carboxylic acids is 1. The Morgan fingerprint density at radius 3 is 2.81 bits per heavy atom. The molecule has 1 heterocycles. The van der Waals surface area contributed by atoms with E-state index >= 15 is 0 Å². The lowest BCUT2D eigenvalue weighted by molar-refractivity contribution is -0.125. The molecule has 0 radical (unpaired) electrons. The lowest BCUT2D eigenvalue weighted by Crippen LogP contribution is -2.38. The van der Waals surface area contributed by atoms with Gasteiger partial charge in [-0.2, -0.15) is 11.8 Å². The molecule has 1 fully saturated rings. The molecule has 0 bridgehead atoms. The second-order valence-electron chi connectivity index (χ2n) is 5.04. The van der Waals surface area contributed by atoms with Crippen molar-refractivity contribution in [1.82, 2.24) is 5.32 Å². The Labute approximate surface area is 103 Å². The van der Waals surface area contributed by atoms with Gasteiger partial charge in [0.05, 0.1) is 5.92 Å². The number of hydrogen-bond donors (Lipinski definition) is 2. The van der Waals surface area contributed by atoms with Crippen molar-refractivity contribution >= 4 is 17.7 Å². The van der Waals surface area contributed by atoms with E-state index in [2.05, 4.69) is 19.2 Å². The van der Waals surface area contributed by atoms with E-state index in [9.17, 15) is 4.79 Å². The summed E-state index contributed by atoms with van der Waals surface area (Å²) in [5.41, 5.74) is 5.64. The van der Waals surface area contributed by atoms with Gasteiger partial charge >= 0.3 is 0 Å². The Morgan fingerprint density at radius 2 is 2.31 bits per heavy atom. The number of hydrogen-bond acceptors (Lipinski definition) is 3. The highest BCUT2D eigenvalue weighted by molar-refractivity contribution is 7.99. The molecule has 1 saturated heterocycles. The Hall–Kier alpha value is -0.220. The second kappa shape index (κ2) is 7.17. The van der Waals surface area contributed by atoms with Crippen molar-refractivity contribution in [2.24, 2.45) is 23.5 Å². The third-order valence-electron chi connectivity index (χ3n) is 3.00. The SMILES string of the molecule is CC(C)CC(CN)C(=O)NCC1CCSC1. The van der Waals surface area contributed by atoms with Crippen molar-refractivity contribution in [3.63, 3.8) is 0 Å². The molecule has 94 valence electrons. The summed E-state index contributed by atoms with van der Waals surface area (Å²) in [6.07, 6.45) is 2.13. The molecule has 0 saturated carbocycles. The predicted octanol–water partition coefficient (Wildman–Crippen LogP) is 1.48. The molecule has 1 aliphatic heterocycles. The molecule has 2 atom stereocenters. The van der Waals surface area contributed by atoms with Crippen molar-refractivity contribution in [2.75, 3.05) is 24.6 Å². The van der Waals surface area contributed by atoms with Gasteiger partial charge < -0.3 is 11.1 Å². The summed E-state index contributed by atoms with van der Waals surface area (Å²) in [6, 6.07) is 0. The first kappa shape index (κ1) is 13.8. The molecule has 1 amide bonds. The molecule has 1 aliphatic rings. The first-order valence-corrected chi connectivity index (χ1v) is 7.34. The molecule has 0 aromatic rings. The van der Waals surface area contributed by atoms with Crippen molar-refractivity contribution in [3.05, 3.63) is 0 Å². The minimum absolute atomic E-state index is 0.00550.